The Morgan fingerprint density at radius 3 is 2.34 bits per heavy atom. The van der Waals surface area contributed by atoms with Gasteiger partial charge < -0.3 is 24.5 Å². The van der Waals surface area contributed by atoms with Crippen LogP contribution < -0.4 is 4.90 Å². The Morgan fingerprint density at radius 1 is 1.09 bits per heavy atom. The van der Waals surface area contributed by atoms with Gasteiger partial charge in [-0.3, -0.25) is 14.4 Å². The largest absolute Gasteiger partial charge is 0.394 e. The third-order valence-corrected chi connectivity index (χ3v) is 10.2. The van der Waals surface area contributed by atoms with Gasteiger partial charge in [-0.05, 0) is 43.4 Å². The number of para-hydroxylation sites is 1. The van der Waals surface area contributed by atoms with Crippen LogP contribution in [0.2, 0.25) is 0 Å². The molecule has 8 nitrogen and oxygen atoms in total. The lowest BCUT2D eigenvalue weighted by atomic mass is 9.70. The first-order valence-electron chi connectivity index (χ1n) is 15.3. The summed E-state index contributed by atoms with van der Waals surface area (Å²) in [7, 11) is 0. The molecular formula is C35H42BrN3O5. The van der Waals surface area contributed by atoms with E-state index in [0.717, 1.165) is 23.2 Å². The molecule has 234 valence electrons. The highest BCUT2D eigenvalue weighted by molar-refractivity contribution is 9.09. The van der Waals surface area contributed by atoms with E-state index in [1.807, 2.05) is 69.3 Å². The van der Waals surface area contributed by atoms with Crippen molar-refractivity contribution in [1.29, 1.82) is 0 Å². The van der Waals surface area contributed by atoms with Crippen molar-refractivity contribution in [2.45, 2.75) is 62.2 Å². The summed E-state index contributed by atoms with van der Waals surface area (Å²) in [5.41, 5.74) is 2.01. The molecule has 0 aromatic heterocycles. The SMILES string of the molecule is C=CCN(CCC)C(=O)[C@H]1[C@@H]2OC3(CC2Br)C(C(=O)N(CC=C)c2c(C)cccc2C)N([C@H](CO)c2ccccc2)C(=O)[C@H]13. The summed E-state index contributed by atoms with van der Waals surface area (Å²) in [5.74, 6) is -2.50. The summed E-state index contributed by atoms with van der Waals surface area (Å²) < 4.78 is 6.79. The van der Waals surface area contributed by atoms with Gasteiger partial charge in [0, 0.05) is 30.1 Å². The number of rotatable bonds is 12. The number of amides is 3. The van der Waals surface area contributed by atoms with Gasteiger partial charge in [0.1, 0.15) is 11.6 Å². The molecule has 0 aliphatic carbocycles. The number of aryl methyl sites for hydroxylation is 2. The quantitative estimate of drug-likeness (QED) is 0.262. The van der Waals surface area contributed by atoms with Gasteiger partial charge in [0.25, 0.3) is 5.91 Å². The molecule has 5 rings (SSSR count). The van der Waals surface area contributed by atoms with Crippen LogP contribution in [0.5, 0.6) is 0 Å². The van der Waals surface area contributed by atoms with Crippen molar-refractivity contribution in [3.8, 4) is 0 Å². The Morgan fingerprint density at radius 2 is 1.75 bits per heavy atom. The van der Waals surface area contributed by atoms with Crippen LogP contribution in [-0.4, -0.2) is 81.4 Å². The van der Waals surface area contributed by atoms with E-state index in [2.05, 4.69) is 29.1 Å². The highest BCUT2D eigenvalue weighted by Crippen LogP contribution is 2.61. The van der Waals surface area contributed by atoms with E-state index in [-0.39, 0.29) is 29.1 Å². The number of nitrogens with zero attached hydrogens (tertiary/aromatic N) is 3. The monoisotopic (exact) mass is 663 g/mol. The van der Waals surface area contributed by atoms with Gasteiger partial charge in [-0.2, -0.15) is 0 Å². The summed E-state index contributed by atoms with van der Waals surface area (Å²) in [4.78, 5) is 48.8. The maximum atomic E-state index is 15.1. The molecular weight excluding hydrogens is 622 g/mol. The van der Waals surface area contributed by atoms with Crippen molar-refractivity contribution in [2.24, 2.45) is 11.8 Å². The second-order valence-electron chi connectivity index (χ2n) is 12.1. The Hall–Kier alpha value is -3.27. The van der Waals surface area contributed by atoms with Crippen LogP contribution in [0.4, 0.5) is 5.69 Å². The van der Waals surface area contributed by atoms with E-state index in [9.17, 15) is 14.7 Å². The maximum absolute atomic E-state index is 15.1. The average Bonchev–Trinajstić information content (AvgIpc) is 3.60. The zero-order valence-corrected chi connectivity index (χ0v) is 27.3. The van der Waals surface area contributed by atoms with Crippen molar-refractivity contribution in [2.75, 3.05) is 31.1 Å². The molecule has 0 radical (unpaired) electrons. The molecule has 7 atom stereocenters. The number of benzene rings is 2. The number of hydrogen-bond donors (Lipinski definition) is 1. The number of likely N-dealkylation sites (tertiary alicyclic amines) is 1. The third-order valence-electron chi connectivity index (χ3n) is 9.38. The average molecular weight is 665 g/mol. The molecule has 3 aliphatic rings. The number of carbonyl (C=O) groups excluding carboxylic acids is 3. The lowest BCUT2D eigenvalue weighted by Gasteiger charge is -2.40. The van der Waals surface area contributed by atoms with Gasteiger partial charge in [0.15, 0.2) is 0 Å². The van der Waals surface area contributed by atoms with Crippen molar-refractivity contribution in [1.82, 2.24) is 9.80 Å². The Labute approximate surface area is 268 Å². The standard InChI is InChI=1S/C35H42BrN3O5/c1-6-17-37(18-7-2)32(41)27-28-33(42)39(26(21-40)24-15-10-9-11-16-24)31(35(28)20-25(36)30(27)44-35)34(43)38(19-8-3)29-22(4)13-12-14-23(29)5/h6,8-16,25-28,30-31,40H,1,3,7,17-21H2,2,4-5H3/t25?,26-,27-,28+,30-,31?,35?/m1/s1. The van der Waals surface area contributed by atoms with Crippen molar-refractivity contribution in [3.05, 3.63) is 90.5 Å². The van der Waals surface area contributed by atoms with Crippen LogP contribution in [0.25, 0.3) is 0 Å². The molecule has 2 aromatic carbocycles. The van der Waals surface area contributed by atoms with Gasteiger partial charge in [-0.15, -0.1) is 13.2 Å². The number of alkyl halides is 1. The number of fused-ring (bicyclic) bond motifs is 1. The number of ether oxygens (including phenoxy) is 1. The minimum Gasteiger partial charge on any atom is -0.394 e. The first kappa shape index (κ1) is 32.1. The minimum atomic E-state index is -1.27. The van der Waals surface area contributed by atoms with Gasteiger partial charge >= 0.3 is 0 Å². The first-order chi connectivity index (χ1) is 21.2. The molecule has 3 unspecified atom stereocenters. The van der Waals surface area contributed by atoms with E-state index in [1.54, 1.807) is 22.0 Å². The topological polar surface area (TPSA) is 90.4 Å². The molecule has 3 amide bonds. The predicted octanol–water partition coefficient (Wildman–Crippen LogP) is 4.73. The molecule has 1 N–H and O–H groups in total. The van der Waals surface area contributed by atoms with Gasteiger partial charge in [0.05, 0.1) is 30.6 Å². The summed E-state index contributed by atoms with van der Waals surface area (Å²) in [6.45, 7) is 14.4. The molecule has 2 bridgehead atoms. The fourth-order valence-electron chi connectivity index (χ4n) is 7.72. The van der Waals surface area contributed by atoms with Crippen LogP contribution in [0, 0.1) is 25.7 Å². The summed E-state index contributed by atoms with van der Waals surface area (Å²) in [5, 5.41) is 10.8. The van der Waals surface area contributed by atoms with Gasteiger partial charge in [0.2, 0.25) is 11.8 Å². The molecule has 1 spiro atoms. The summed E-state index contributed by atoms with van der Waals surface area (Å²) >= 11 is 3.78. The zero-order chi connectivity index (χ0) is 31.8. The van der Waals surface area contributed by atoms with Crippen LogP contribution >= 0.6 is 15.9 Å². The Bertz CT molecular complexity index is 1410. The van der Waals surface area contributed by atoms with Crippen LogP contribution in [0.3, 0.4) is 0 Å². The summed E-state index contributed by atoms with van der Waals surface area (Å²) in [6.07, 6.45) is 3.91. The van der Waals surface area contributed by atoms with Gasteiger partial charge in [-0.25, -0.2) is 0 Å². The second-order valence-corrected chi connectivity index (χ2v) is 13.2. The number of halogens is 1. The lowest BCUT2D eigenvalue weighted by Crippen LogP contribution is -2.58. The minimum absolute atomic E-state index is 0.174. The molecule has 2 aromatic rings. The Kier molecular flexibility index (Phi) is 9.49. The molecule has 3 fully saturated rings. The van der Waals surface area contributed by atoms with E-state index < -0.39 is 42.2 Å². The number of anilines is 1. The smallest absolute Gasteiger partial charge is 0.253 e. The maximum Gasteiger partial charge on any atom is 0.253 e. The molecule has 0 saturated carbocycles. The predicted molar refractivity (Wildman–Crippen MR) is 174 cm³/mol. The van der Waals surface area contributed by atoms with E-state index in [4.69, 9.17) is 4.74 Å². The first-order valence-corrected chi connectivity index (χ1v) is 16.3. The number of carbonyl (C=O) groups is 3. The van der Waals surface area contributed by atoms with Crippen molar-refractivity contribution in [3.63, 3.8) is 0 Å². The van der Waals surface area contributed by atoms with Crippen molar-refractivity contribution < 1.29 is 24.2 Å². The van der Waals surface area contributed by atoms with E-state index in [1.165, 1.54) is 4.90 Å². The van der Waals surface area contributed by atoms with E-state index >= 15 is 4.79 Å². The van der Waals surface area contributed by atoms with Gasteiger partial charge in [-0.1, -0.05) is 83.5 Å². The zero-order valence-electron chi connectivity index (χ0n) is 25.7. The van der Waals surface area contributed by atoms with Crippen molar-refractivity contribution >= 4 is 39.3 Å². The number of aliphatic hydroxyl groups excluding tert-OH is 1. The fraction of sp³-hybridized carbons (Fsp3) is 0.457. The Balaban J connectivity index is 1.69. The van der Waals surface area contributed by atoms with E-state index in [0.29, 0.717) is 25.1 Å². The summed E-state index contributed by atoms with van der Waals surface area (Å²) in [6, 6.07) is 13.2. The third kappa shape index (κ3) is 5.12. The van der Waals surface area contributed by atoms with Crippen LogP contribution in [0.15, 0.2) is 73.8 Å². The molecule has 3 saturated heterocycles. The molecule has 3 aliphatic heterocycles. The number of hydrogen-bond acceptors (Lipinski definition) is 5. The highest BCUT2D eigenvalue weighted by Gasteiger charge is 2.77. The number of aliphatic hydroxyl groups is 1. The molecule has 44 heavy (non-hydrogen) atoms. The fourth-order valence-corrected chi connectivity index (χ4v) is 8.66. The lowest BCUT2D eigenvalue weighted by molar-refractivity contribution is -0.147. The second kappa shape index (κ2) is 13.0. The van der Waals surface area contributed by atoms with Crippen LogP contribution in [0.1, 0.15) is 42.5 Å². The molecule has 9 heteroatoms. The highest BCUT2D eigenvalue weighted by atomic mass is 79.9. The normalized spacial score (nSPS) is 27.6. The van der Waals surface area contributed by atoms with Crippen LogP contribution in [-0.2, 0) is 19.1 Å². The molecule has 3 heterocycles.